The second-order valence-corrected chi connectivity index (χ2v) is 9.52. The molecule has 1 fully saturated rings. The molecule has 0 spiro atoms. The van der Waals surface area contributed by atoms with E-state index in [2.05, 4.69) is 0 Å². The van der Waals surface area contributed by atoms with Gasteiger partial charge in [-0.2, -0.15) is 0 Å². The molecule has 0 amide bonds. The van der Waals surface area contributed by atoms with Gasteiger partial charge in [-0.15, -0.1) is 0 Å². The molecule has 2 aliphatic rings. The second-order valence-electron chi connectivity index (χ2n) is 9.52. The van der Waals surface area contributed by atoms with E-state index in [0.29, 0.717) is 12.8 Å². The third-order valence-corrected chi connectivity index (χ3v) is 6.89. The fraction of sp³-hybridized carbons (Fsp3) is 0.654. The largest absolute Gasteiger partial charge is 0.457 e. The van der Waals surface area contributed by atoms with E-state index in [0.717, 1.165) is 18.4 Å². The third-order valence-electron chi connectivity index (χ3n) is 6.89. The summed E-state index contributed by atoms with van der Waals surface area (Å²) in [7, 11) is 1.58. The molecule has 8 atom stereocenters. The van der Waals surface area contributed by atoms with Gasteiger partial charge in [0.25, 0.3) is 0 Å². The fourth-order valence-electron chi connectivity index (χ4n) is 4.85. The number of ether oxygens (including phenoxy) is 3. The molecule has 8 unspecified atom stereocenters. The van der Waals surface area contributed by atoms with Gasteiger partial charge < -0.3 is 29.5 Å². The number of aliphatic hydroxyl groups excluding tert-OH is 2. The first-order chi connectivity index (χ1) is 15.7. The van der Waals surface area contributed by atoms with Gasteiger partial charge in [0.05, 0.1) is 30.8 Å². The summed E-state index contributed by atoms with van der Waals surface area (Å²) >= 11 is 0. The number of carbonyl (C=O) groups is 1. The normalized spacial score (nSPS) is 39.1. The monoisotopic (exact) mass is 462 g/mol. The predicted octanol–water partition coefficient (Wildman–Crippen LogP) is 3.28. The van der Waals surface area contributed by atoms with Crippen LogP contribution >= 0.6 is 0 Å². The van der Waals surface area contributed by atoms with Crippen molar-refractivity contribution in [3.05, 3.63) is 48.0 Å². The SMILES string of the molecule is COC1CCCCC(c2ccccc2)OC(=O)CC2(O)CC(O)C(C)C(O2)C(C)C=CC1O. The minimum atomic E-state index is -1.82. The quantitative estimate of drug-likeness (QED) is 0.458. The van der Waals surface area contributed by atoms with Crippen molar-refractivity contribution < 1.29 is 34.3 Å². The van der Waals surface area contributed by atoms with E-state index in [1.807, 2.05) is 50.3 Å². The van der Waals surface area contributed by atoms with Crippen molar-refractivity contribution in [2.45, 2.75) is 88.7 Å². The molecule has 1 saturated heterocycles. The van der Waals surface area contributed by atoms with Crippen molar-refractivity contribution in [1.82, 2.24) is 0 Å². The van der Waals surface area contributed by atoms with E-state index in [4.69, 9.17) is 14.2 Å². The molecule has 7 nitrogen and oxygen atoms in total. The minimum absolute atomic E-state index is 0.0689. The van der Waals surface area contributed by atoms with E-state index in [1.165, 1.54) is 0 Å². The van der Waals surface area contributed by atoms with Crippen LogP contribution in [-0.2, 0) is 19.0 Å². The van der Waals surface area contributed by atoms with Gasteiger partial charge in [0.15, 0.2) is 5.79 Å². The molecule has 0 aromatic heterocycles. The lowest BCUT2D eigenvalue weighted by molar-refractivity contribution is -0.295. The Morgan fingerprint density at radius 1 is 1.06 bits per heavy atom. The molecule has 184 valence electrons. The van der Waals surface area contributed by atoms with E-state index in [9.17, 15) is 20.1 Å². The van der Waals surface area contributed by atoms with Crippen LogP contribution in [0, 0.1) is 11.8 Å². The van der Waals surface area contributed by atoms with Crippen molar-refractivity contribution in [2.24, 2.45) is 11.8 Å². The molecule has 2 bridgehead atoms. The number of benzene rings is 1. The van der Waals surface area contributed by atoms with Crippen LogP contribution in [0.4, 0.5) is 0 Å². The highest BCUT2D eigenvalue weighted by Gasteiger charge is 2.47. The summed E-state index contributed by atoms with van der Waals surface area (Å²) < 4.78 is 17.3. The summed E-state index contributed by atoms with van der Waals surface area (Å²) in [5, 5.41) is 32.4. The smallest absolute Gasteiger partial charge is 0.311 e. The van der Waals surface area contributed by atoms with Gasteiger partial charge in [0.2, 0.25) is 0 Å². The number of aliphatic hydroxyl groups is 3. The van der Waals surface area contributed by atoms with Crippen molar-refractivity contribution in [2.75, 3.05) is 7.11 Å². The molecule has 7 heteroatoms. The third kappa shape index (κ3) is 6.87. The molecule has 0 saturated carbocycles. The Kier molecular flexibility index (Phi) is 9.07. The number of cyclic esters (lactones) is 1. The van der Waals surface area contributed by atoms with Crippen molar-refractivity contribution in [1.29, 1.82) is 0 Å². The van der Waals surface area contributed by atoms with Crippen LogP contribution in [0.25, 0.3) is 0 Å². The lowest BCUT2D eigenvalue weighted by atomic mass is 9.82. The first-order valence-corrected chi connectivity index (χ1v) is 11.9. The van der Waals surface area contributed by atoms with Gasteiger partial charge >= 0.3 is 5.97 Å². The zero-order valence-corrected chi connectivity index (χ0v) is 19.8. The number of esters is 1. The lowest BCUT2D eigenvalue weighted by Gasteiger charge is -2.45. The molecule has 33 heavy (non-hydrogen) atoms. The Bertz CT molecular complexity index is 782. The zero-order valence-electron chi connectivity index (χ0n) is 19.8. The summed E-state index contributed by atoms with van der Waals surface area (Å²) in [6.07, 6.45) is 2.99. The molecular formula is C26H38O7. The van der Waals surface area contributed by atoms with Crippen molar-refractivity contribution >= 4 is 5.97 Å². The lowest BCUT2D eigenvalue weighted by Crippen LogP contribution is -2.53. The number of rotatable bonds is 2. The Balaban J connectivity index is 1.87. The van der Waals surface area contributed by atoms with Crippen LogP contribution in [0.15, 0.2) is 42.5 Å². The number of carbonyl (C=O) groups excluding carboxylic acids is 1. The minimum Gasteiger partial charge on any atom is -0.457 e. The maximum Gasteiger partial charge on any atom is 0.311 e. The Labute approximate surface area is 196 Å². The first kappa shape index (κ1) is 25.8. The summed E-state index contributed by atoms with van der Waals surface area (Å²) in [4.78, 5) is 12.9. The van der Waals surface area contributed by atoms with E-state index in [1.54, 1.807) is 13.2 Å². The van der Waals surface area contributed by atoms with Crippen molar-refractivity contribution in [3.63, 3.8) is 0 Å². The average molecular weight is 463 g/mol. The number of hydrogen-bond donors (Lipinski definition) is 3. The molecule has 3 rings (SSSR count). The standard InChI is InChI=1S/C26H38O7/c1-17-13-14-20(27)23(31-3)12-8-7-11-22(19-9-5-4-6-10-19)32-24(29)16-26(30)15-21(28)18(2)25(17)33-26/h4-6,9-10,13-14,17-18,20-23,25,27-28,30H,7-8,11-12,15-16H2,1-3H3. The maximum absolute atomic E-state index is 12.9. The van der Waals surface area contributed by atoms with Crippen LogP contribution < -0.4 is 0 Å². The van der Waals surface area contributed by atoms with Crippen LogP contribution in [-0.4, -0.2) is 58.6 Å². The predicted molar refractivity (Wildman–Crippen MR) is 123 cm³/mol. The van der Waals surface area contributed by atoms with E-state index >= 15 is 0 Å². The van der Waals surface area contributed by atoms with Gasteiger partial charge in [-0.3, -0.25) is 4.79 Å². The van der Waals surface area contributed by atoms with E-state index in [-0.39, 0.29) is 30.8 Å². The number of hydrogen-bond acceptors (Lipinski definition) is 7. The maximum atomic E-state index is 12.9. The molecule has 3 N–H and O–H groups in total. The van der Waals surface area contributed by atoms with Gasteiger partial charge in [0, 0.05) is 25.4 Å². The molecule has 2 aliphatic heterocycles. The summed E-state index contributed by atoms with van der Waals surface area (Å²) in [5.41, 5.74) is 0.884. The van der Waals surface area contributed by atoms with Crippen LogP contribution in [0.3, 0.4) is 0 Å². The summed E-state index contributed by atoms with van der Waals surface area (Å²) in [6, 6.07) is 9.53. The highest BCUT2D eigenvalue weighted by Crippen LogP contribution is 2.38. The number of methoxy groups -OCH3 is 1. The Morgan fingerprint density at radius 2 is 1.76 bits per heavy atom. The average Bonchev–Trinajstić information content (AvgIpc) is 2.78. The molecule has 1 aromatic carbocycles. The molecule has 2 heterocycles. The topological polar surface area (TPSA) is 105 Å². The van der Waals surface area contributed by atoms with Crippen LogP contribution in [0.1, 0.15) is 64.0 Å². The Hall–Kier alpha value is -1.77. The number of fused-ring (bicyclic) bond motifs is 2. The van der Waals surface area contributed by atoms with Crippen molar-refractivity contribution in [3.8, 4) is 0 Å². The van der Waals surface area contributed by atoms with E-state index < -0.39 is 36.2 Å². The van der Waals surface area contributed by atoms with Gasteiger partial charge in [0.1, 0.15) is 6.10 Å². The fourth-order valence-corrected chi connectivity index (χ4v) is 4.85. The Morgan fingerprint density at radius 3 is 2.45 bits per heavy atom. The second kappa shape index (κ2) is 11.6. The molecule has 0 radical (unpaired) electrons. The molecular weight excluding hydrogens is 424 g/mol. The summed E-state index contributed by atoms with van der Waals surface area (Å²) in [5.74, 6) is -2.85. The highest BCUT2D eigenvalue weighted by atomic mass is 16.6. The van der Waals surface area contributed by atoms with Gasteiger partial charge in [-0.05, 0) is 24.8 Å². The highest BCUT2D eigenvalue weighted by molar-refractivity contribution is 5.70. The summed E-state index contributed by atoms with van der Waals surface area (Å²) in [6.45, 7) is 3.76. The first-order valence-electron chi connectivity index (χ1n) is 11.9. The zero-order chi connectivity index (χ0) is 24.0. The van der Waals surface area contributed by atoms with Crippen LogP contribution in [0.5, 0.6) is 0 Å². The van der Waals surface area contributed by atoms with Gasteiger partial charge in [-0.25, -0.2) is 0 Å². The molecule has 1 aromatic rings. The van der Waals surface area contributed by atoms with Gasteiger partial charge in [-0.1, -0.05) is 62.8 Å². The van der Waals surface area contributed by atoms with Crippen LogP contribution in [0.2, 0.25) is 0 Å². The molecule has 0 aliphatic carbocycles.